The minimum Gasteiger partial charge on any atom is -0.311 e. The summed E-state index contributed by atoms with van der Waals surface area (Å²) in [6, 6.07) is 8.55. The molecule has 0 unspecified atom stereocenters. The van der Waals surface area contributed by atoms with Gasteiger partial charge in [-0.3, -0.25) is 4.68 Å². The first kappa shape index (κ1) is 14.8. The zero-order valence-electron chi connectivity index (χ0n) is 13.0. The highest BCUT2D eigenvalue weighted by molar-refractivity contribution is 5.33. The number of hydrogen-bond donors (Lipinski definition) is 1. The van der Waals surface area contributed by atoms with E-state index < -0.39 is 0 Å². The largest absolute Gasteiger partial charge is 0.311 e. The van der Waals surface area contributed by atoms with E-state index >= 15 is 0 Å². The first-order valence-corrected chi connectivity index (χ1v) is 7.34. The Morgan fingerprint density at radius 2 is 1.85 bits per heavy atom. The van der Waals surface area contributed by atoms with Crippen LogP contribution in [0.5, 0.6) is 0 Å². The van der Waals surface area contributed by atoms with Gasteiger partial charge in [-0.25, -0.2) is 0 Å². The van der Waals surface area contributed by atoms with Crippen LogP contribution in [0.4, 0.5) is 0 Å². The molecule has 0 fully saturated rings. The SMILES string of the molecule is Cc1cccc(C)c1Cn1nccc1CNCC(C)C. The van der Waals surface area contributed by atoms with E-state index in [4.69, 9.17) is 0 Å². The topological polar surface area (TPSA) is 29.9 Å². The molecule has 0 amide bonds. The van der Waals surface area contributed by atoms with Crippen molar-refractivity contribution in [2.75, 3.05) is 6.54 Å². The van der Waals surface area contributed by atoms with E-state index in [2.05, 4.69) is 67.1 Å². The molecule has 0 saturated carbocycles. The summed E-state index contributed by atoms with van der Waals surface area (Å²) in [5, 5.41) is 7.95. The third kappa shape index (κ3) is 3.70. The molecule has 2 aromatic rings. The van der Waals surface area contributed by atoms with E-state index in [0.717, 1.165) is 19.6 Å². The van der Waals surface area contributed by atoms with Crippen LogP contribution in [0.3, 0.4) is 0 Å². The number of aromatic nitrogens is 2. The van der Waals surface area contributed by atoms with Gasteiger partial charge in [0.15, 0.2) is 0 Å². The summed E-state index contributed by atoms with van der Waals surface area (Å²) in [6.45, 7) is 11.6. The average molecular weight is 271 g/mol. The lowest BCUT2D eigenvalue weighted by atomic mass is 10.0. The zero-order valence-corrected chi connectivity index (χ0v) is 13.0. The van der Waals surface area contributed by atoms with E-state index in [1.165, 1.54) is 22.4 Å². The number of rotatable bonds is 6. The van der Waals surface area contributed by atoms with E-state index in [0.29, 0.717) is 5.92 Å². The van der Waals surface area contributed by atoms with Crippen LogP contribution in [-0.4, -0.2) is 16.3 Å². The van der Waals surface area contributed by atoms with Crippen molar-refractivity contribution in [3.8, 4) is 0 Å². The van der Waals surface area contributed by atoms with E-state index in [-0.39, 0.29) is 0 Å². The highest BCUT2D eigenvalue weighted by Gasteiger charge is 2.07. The van der Waals surface area contributed by atoms with Crippen LogP contribution < -0.4 is 5.32 Å². The zero-order chi connectivity index (χ0) is 14.5. The average Bonchev–Trinajstić information content (AvgIpc) is 2.81. The number of benzene rings is 1. The van der Waals surface area contributed by atoms with Crippen molar-refractivity contribution in [1.82, 2.24) is 15.1 Å². The van der Waals surface area contributed by atoms with Gasteiger partial charge in [0.05, 0.1) is 12.2 Å². The van der Waals surface area contributed by atoms with Gasteiger partial charge < -0.3 is 5.32 Å². The second kappa shape index (κ2) is 6.71. The molecule has 0 atom stereocenters. The van der Waals surface area contributed by atoms with Crippen LogP contribution in [0.15, 0.2) is 30.5 Å². The fourth-order valence-corrected chi connectivity index (χ4v) is 2.39. The highest BCUT2D eigenvalue weighted by atomic mass is 15.3. The molecule has 3 nitrogen and oxygen atoms in total. The van der Waals surface area contributed by atoms with E-state index in [1.54, 1.807) is 0 Å². The number of aryl methyl sites for hydroxylation is 2. The molecule has 2 rings (SSSR count). The summed E-state index contributed by atoms with van der Waals surface area (Å²) in [6.07, 6.45) is 1.89. The normalized spacial score (nSPS) is 11.2. The van der Waals surface area contributed by atoms with Crippen molar-refractivity contribution < 1.29 is 0 Å². The standard InChI is InChI=1S/C17H25N3/c1-13(2)10-18-11-16-8-9-19-20(16)12-17-14(3)6-5-7-15(17)4/h5-9,13,18H,10-12H2,1-4H3. The van der Waals surface area contributed by atoms with Gasteiger partial charge in [0, 0.05) is 12.7 Å². The van der Waals surface area contributed by atoms with Crippen LogP contribution in [0.2, 0.25) is 0 Å². The summed E-state index contributed by atoms with van der Waals surface area (Å²) in [4.78, 5) is 0. The lowest BCUT2D eigenvalue weighted by molar-refractivity contribution is 0.529. The minimum absolute atomic E-state index is 0.671. The van der Waals surface area contributed by atoms with Gasteiger partial charge in [0.1, 0.15) is 0 Å². The second-order valence-electron chi connectivity index (χ2n) is 5.88. The van der Waals surface area contributed by atoms with Crippen molar-refractivity contribution in [1.29, 1.82) is 0 Å². The summed E-state index contributed by atoms with van der Waals surface area (Å²) >= 11 is 0. The first-order valence-electron chi connectivity index (χ1n) is 7.34. The maximum absolute atomic E-state index is 4.47. The Morgan fingerprint density at radius 1 is 1.15 bits per heavy atom. The fourth-order valence-electron chi connectivity index (χ4n) is 2.39. The maximum atomic E-state index is 4.47. The van der Waals surface area contributed by atoms with Crippen molar-refractivity contribution in [3.63, 3.8) is 0 Å². The molecule has 1 heterocycles. The number of nitrogens with one attached hydrogen (secondary N) is 1. The Hall–Kier alpha value is -1.61. The van der Waals surface area contributed by atoms with Gasteiger partial charge in [0.25, 0.3) is 0 Å². The van der Waals surface area contributed by atoms with Crippen molar-refractivity contribution in [2.45, 2.75) is 40.8 Å². The molecule has 0 aliphatic carbocycles. The first-order chi connectivity index (χ1) is 9.58. The summed E-state index contributed by atoms with van der Waals surface area (Å²) in [7, 11) is 0. The monoisotopic (exact) mass is 271 g/mol. The molecule has 0 aliphatic heterocycles. The van der Waals surface area contributed by atoms with Gasteiger partial charge >= 0.3 is 0 Å². The molecular formula is C17H25N3. The second-order valence-corrected chi connectivity index (χ2v) is 5.88. The van der Waals surface area contributed by atoms with Gasteiger partial charge in [-0.05, 0) is 49.1 Å². The summed E-state index contributed by atoms with van der Waals surface area (Å²) in [5.74, 6) is 0.671. The predicted octanol–water partition coefficient (Wildman–Crippen LogP) is 3.29. The molecule has 0 aliphatic rings. The smallest absolute Gasteiger partial charge is 0.0668 e. The lowest BCUT2D eigenvalue weighted by Crippen LogP contribution is -2.21. The van der Waals surface area contributed by atoms with Gasteiger partial charge in [0.2, 0.25) is 0 Å². The molecule has 1 aromatic heterocycles. The van der Waals surface area contributed by atoms with E-state index in [1.807, 2.05) is 6.20 Å². The third-order valence-corrected chi connectivity index (χ3v) is 3.62. The molecule has 0 bridgehead atoms. The molecule has 20 heavy (non-hydrogen) atoms. The van der Waals surface area contributed by atoms with Crippen LogP contribution in [-0.2, 0) is 13.1 Å². The van der Waals surface area contributed by atoms with Crippen molar-refractivity contribution in [2.24, 2.45) is 5.92 Å². The molecule has 1 aromatic carbocycles. The molecule has 108 valence electrons. The van der Waals surface area contributed by atoms with Crippen LogP contribution >= 0.6 is 0 Å². The molecule has 3 heteroatoms. The Morgan fingerprint density at radius 3 is 2.50 bits per heavy atom. The number of hydrogen-bond acceptors (Lipinski definition) is 2. The Kier molecular flexibility index (Phi) is 4.96. The molecule has 0 spiro atoms. The minimum atomic E-state index is 0.671. The van der Waals surface area contributed by atoms with E-state index in [9.17, 15) is 0 Å². The molecular weight excluding hydrogens is 246 g/mol. The summed E-state index contributed by atoms with van der Waals surface area (Å²) in [5.41, 5.74) is 5.29. The number of nitrogens with zero attached hydrogens (tertiary/aromatic N) is 2. The molecule has 1 N–H and O–H groups in total. The molecule has 0 radical (unpaired) electrons. The lowest BCUT2D eigenvalue weighted by Gasteiger charge is -2.13. The Labute approximate surface area is 122 Å². The van der Waals surface area contributed by atoms with Gasteiger partial charge in [-0.15, -0.1) is 0 Å². The molecule has 0 saturated heterocycles. The van der Waals surface area contributed by atoms with Crippen LogP contribution in [0, 0.1) is 19.8 Å². The fraction of sp³-hybridized carbons (Fsp3) is 0.471. The maximum Gasteiger partial charge on any atom is 0.0668 e. The Balaban J connectivity index is 2.09. The van der Waals surface area contributed by atoms with Crippen LogP contribution in [0.25, 0.3) is 0 Å². The van der Waals surface area contributed by atoms with Gasteiger partial charge in [-0.2, -0.15) is 5.10 Å². The quantitative estimate of drug-likeness (QED) is 0.873. The summed E-state index contributed by atoms with van der Waals surface area (Å²) < 4.78 is 2.10. The van der Waals surface area contributed by atoms with Crippen LogP contribution in [0.1, 0.15) is 36.2 Å². The van der Waals surface area contributed by atoms with Crippen molar-refractivity contribution in [3.05, 3.63) is 52.8 Å². The predicted molar refractivity (Wildman–Crippen MR) is 83.8 cm³/mol. The van der Waals surface area contributed by atoms with Gasteiger partial charge in [-0.1, -0.05) is 32.0 Å². The third-order valence-electron chi connectivity index (χ3n) is 3.62. The highest BCUT2D eigenvalue weighted by Crippen LogP contribution is 2.15. The Bertz CT molecular complexity index is 535. The van der Waals surface area contributed by atoms with Crippen molar-refractivity contribution >= 4 is 0 Å².